The third kappa shape index (κ3) is 16.5. The molecule has 0 amide bonds. The van der Waals surface area contributed by atoms with E-state index in [9.17, 15) is 17.7 Å². The third-order valence-corrected chi connectivity index (χ3v) is 1.85. The summed E-state index contributed by atoms with van der Waals surface area (Å²) in [5, 5.41) is 0. The number of nitrogens with one attached hydrogen (secondary N) is 2. The zero-order valence-electron chi connectivity index (χ0n) is 10.1. The minimum Gasteiger partial charge on any atom is -0.368 e. The summed E-state index contributed by atoms with van der Waals surface area (Å²) in [5.74, 6) is 0. The number of alkyl halides is 3. The maximum absolute atomic E-state index is 11.1. The molecule has 0 spiro atoms. The third-order valence-electron chi connectivity index (χ3n) is 1.39. The summed E-state index contributed by atoms with van der Waals surface area (Å²) < 4.78 is 46.1. The predicted molar refractivity (Wildman–Crippen MR) is 65.6 cm³/mol. The molecule has 0 saturated heterocycles. The van der Waals surface area contributed by atoms with Crippen LogP contribution in [0.1, 0.15) is 0 Å². The van der Waals surface area contributed by atoms with Crippen LogP contribution in [0.2, 0.25) is 0 Å². The molecule has 0 aliphatic rings. The van der Waals surface area contributed by atoms with Crippen LogP contribution in [0.25, 0.3) is 0 Å². The first-order valence-corrected chi connectivity index (χ1v) is 6.66. The highest BCUT2D eigenvalue weighted by Crippen LogP contribution is 2.37. The molecule has 0 saturated carbocycles. The first-order valence-electron chi connectivity index (χ1n) is 5.13. The van der Waals surface area contributed by atoms with Crippen molar-refractivity contribution < 1.29 is 32.0 Å². The highest BCUT2D eigenvalue weighted by molar-refractivity contribution is 7.46. The smallest absolute Gasteiger partial charge is 0.368 e. The summed E-state index contributed by atoms with van der Waals surface area (Å²) >= 11 is 0. The van der Waals surface area contributed by atoms with Gasteiger partial charge in [-0.3, -0.25) is 4.52 Å². The van der Waals surface area contributed by atoms with Gasteiger partial charge in [0.1, 0.15) is 0 Å². The van der Waals surface area contributed by atoms with Gasteiger partial charge in [-0.05, 0) is 24.3 Å². The van der Waals surface area contributed by atoms with E-state index in [4.69, 9.17) is 9.79 Å². The van der Waals surface area contributed by atoms with Crippen molar-refractivity contribution in [1.82, 2.24) is 9.97 Å². The standard InChI is InChI=1S/2C4H5N.C2H4F3O4P/c2*1-2-4-5-3-1;3-2(4,5)1-9-10(6,7)8/h2*1-5H;1H2,(H2,6,7,8). The van der Waals surface area contributed by atoms with E-state index in [1.54, 1.807) is 0 Å². The second kappa shape index (κ2) is 9.38. The fourth-order valence-electron chi connectivity index (χ4n) is 0.713. The molecule has 114 valence electrons. The number of phosphoric ester groups is 1. The Morgan fingerprint density at radius 1 is 0.950 bits per heavy atom. The topological polar surface area (TPSA) is 98.3 Å². The van der Waals surface area contributed by atoms with Crippen LogP contribution in [0.3, 0.4) is 0 Å². The van der Waals surface area contributed by atoms with Crippen molar-refractivity contribution in [2.24, 2.45) is 0 Å². The molecule has 0 radical (unpaired) electrons. The molecule has 0 fully saturated rings. The molecule has 0 aliphatic carbocycles. The lowest BCUT2D eigenvalue weighted by atomic mass is 10.7. The summed E-state index contributed by atoms with van der Waals surface area (Å²) in [5.41, 5.74) is 0. The number of hydrogen-bond donors (Lipinski definition) is 4. The van der Waals surface area contributed by atoms with Gasteiger partial charge in [0.15, 0.2) is 6.61 Å². The second-order valence-electron chi connectivity index (χ2n) is 3.15. The number of hydrogen-bond acceptors (Lipinski definition) is 2. The largest absolute Gasteiger partial charge is 0.469 e. The van der Waals surface area contributed by atoms with Crippen molar-refractivity contribution in [3.63, 3.8) is 0 Å². The number of rotatable bonds is 2. The number of aromatic amines is 2. The van der Waals surface area contributed by atoms with E-state index in [1.165, 1.54) is 0 Å². The van der Waals surface area contributed by atoms with E-state index in [-0.39, 0.29) is 0 Å². The predicted octanol–water partition coefficient (Wildman–Crippen LogP) is 2.69. The fourth-order valence-corrected chi connectivity index (χ4v) is 1.03. The molecule has 2 heterocycles. The lowest BCUT2D eigenvalue weighted by Crippen LogP contribution is -2.15. The highest BCUT2D eigenvalue weighted by atomic mass is 31.2. The Hall–Kier alpha value is -1.54. The van der Waals surface area contributed by atoms with Crippen molar-refractivity contribution in [1.29, 1.82) is 0 Å². The van der Waals surface area contributed by atoms with Crippen molar-refractivity contribution >= 4 is 7.82 Å². The zero-order valence-corrected chi connectivity index (χ0v) is 11.0. The highest BCUT2D eigenvalue weighted by Gasteiger charge is 2.31. The average molecular weight is 314 g/mol. The normalized spacial score (nSPS) is 10.8. The molecule has 20 heavy (non-hydrogen) atoms. The zero-order chi connectivity index (χ0) is 15.5. The van der Waals surface area contributed by atoms with E-state index in [0.29, 0.717) is 0 Å². The van der Waals surface area contributed by atoms with Crippen LogP contribution >= 0.6 is 7.82 Å². The van der Waals surface area contributed by atoms with E-state index in [1.807, 2.05) is 49.1 Å². The molecular formula is C10H14F3N2O4P. The van der Waals surface area contributed by atoms with Crippen molar-refractivity contribution in [2.75, 3.05) is 6.61 Å². The first-order chi connectivity index (χ1) is 9.21. The first kappa shape index (κ1) is 18.5. The van der Waals surface area contributed by atoms with Gasteiger partial charge in [-0.25, -0.2) is 4.57 Å². The second-order valence-corrected chi connectivity index (χ2v) is 4.39. The SMILES string of the molecule is O=P(O)(O)OCC(F)(F)F.c1cc[nH]c1.c1cc[nH]c1. The Kier molecular flexibility index (Phi) is 8.66. The van der Waals surface area contributed by atoms with E-state index in [0.717, 1.165) is 0 Å². The Morgan fingerprint density at radius 2 is 1.30 bits per heavy atom. The summed E-state index contributed by atoms with van der Waals surface area (Å²) in [6, 6.07) is 7.78. The van der Waals surface area contributed by atoms with E-state index >= 15 is 0 Å². The maximum atomic E-state index is 11.1. The maximum Gasteiger partial charge on any atom is 0.469 e. The molecule has 0 aliphatic heterocycles. The van der Waals surface area contributed by atoms with E-state index in [2.05, 4.69) is 14.5 Å². The van der Waals surface area contributed by atoms with Crippen LogP contribution in [0.15, 0.2) is 49.1 Å². The molecule has 0 bridgehead atoms. The fraction of sp³-hybridized carbons (Fsp3) is 0.200. The monoisotopic (exact) mass is 314 g/mol. The summed E-state index contributed by atoms with van der Waals surface area (Å²) in [7, 11) is -4.98. The molecule has 2 aromatic heterocycles. The number of aromatic nitrogens is 2. The summed E-state index contributed by atoms with van der Waals surface area (Å²) in [6.07, 6.45) is 2.79. The Morgan fingerprint density at radius 3 is 1.40 bits per heavy atom. The minimum absolute atomic E-state index is 1.88. The average Bonchev–Trinajstić information content (AvgIpc) is 3.03. The van der Waals surface area contributed by atoms with Gasteiger partial charge in [0.05, 0.1) is 0 Å². The Balaban J connectivity index is 0.000000298. The van der Waals surface area contributed by atoms with Gasteiger partial charge in [-0.1, -0.05) is 0 Å². The van der Waals surface area contributed by atoms with Crippen LogP contribution < -0.4 is 0 Å². The van der Waals surface area contributed by atoms with Crippen molar-refractivity contribution in [2.45, 2.75) is 6.18 Å². The molecule has 0 atom stereocenters. The molecule has 2 rings (SSSR count). The van der Waals surface area contributed by atoms with Crippen LogP contribution in [0.4, 0.5) is 13.2 Å². The molecule has 2 aromatic rings. The van der Waals surface area contributed by atoms with Gasteiger partial charge in [-0.15, -0.1) is 0 Å². The molecule has 4 N–H and O–H groups in total. The number of phosphoric acid groups is 1. The lowest BCUT2D eigenvalue weighted by molar-refractivity contribution is -0.156. The van der Waals surface area contributed by atoms with Gasteiger partial charge in [-0.2, -0.15) is 13.2 Å². The van der Waals surface area contributed by atoms with Crippen molar-refractivity contribution in [3.05, 3.63) is 49.1 Å². The van der Waals surface area contributed by atoms with Gasteiger partial charge < -0.3 is 19.8 Å². The molecule has 10 heteroatoms. The quantitative estimate of drug-likeness (QED) is 0.641. The van der Waals surface area contributed by atoms with Gasteiger partial charge in [0.25, 0.3) is 0 Å². The minimum atomic E-state index is -4.98. The Labute approximate surface area is 112 Å². The Bertz CT molecular complexity index is 393. The van der Waals surface area contributed by atoms with Gasteiger partial charge >= 0.3 is 14.0 Å². The molecule has 0 aromatic carbocycles. The molecule has 6 nitrogen and oxygen atoms in total. The van der Waals surface area contributed by atoms with Gasteiger partial charge in [0.2, 0.25) is 0 Å². The van der Waals surface area contributed by atoms with Crippen LogP contribution in [0.5, 0.6) is 0 Å². The summed E-state index contributed by atoms with van der Waals surface area (Å²) in [4.78, 5) is 21.3. The number of halogens is 3. The van der Waals surface area contributed by atoms with Crippen LogP contribution in [0, 0.1) is 0 Å². The van der Waals surface area contributed by atoms with Crippen molar-refractivity contribution in [3.8, 4) is 0 Å². The van der Waals surface area contributed by atoms with Crippen LogP contribution in [-0.4, -0.2) is 32.5 Å². The lowest BCUT2D eigenvalue weighted by Gasteiger charge is -2.07. The molecular weight excluding hydrogens is 300 g/mol. The molecule has 0 unspecified atom stereocenters. The van der Waals surface area contributed by atoms with Gasteiger partial charge in [0, 0.05) is 24.8 Å². The van der Waals surface area contributed by atoms with Crippen LogP contribution in [-0.2, 0) is 9.09 Å². The summed E-state index contributed by atoms with van der Waals surface area (Å²) in [6.45, 7) is -1.93. The van der Waals surface area contributed by atoms with E-state index < -0.39 is 20.6 Å². The number of H-pyrrole nitrogens is 2.